The number of nitrogens with zero attached hydrogens (tertiary/aromatic N) is 2. The van der Waals surface area contributed by atoms with Crippen LogP contribution in [0.1, 0.15) is 13.8 Å². The Kier molecular flexibility index (Phi) is 4.50. The first kappa shape index (κ1) is 12.4. The van der Waals surface area contributed by atoms with Gasteiger partial charge in [-0.2, -0.15) is 0 Å². The Morgan fingerprint density at radius 3 is 2.80 bits per heavy atom. The predicted octanol–water partition coefficient (Wildman–Crippen LogP) is 0.115. The lowest BCUT2D eigenvalue weighted by Gasteiger charge is -2.38. The number of hydrogen-bond acceptors (Lipinski definition) is 4. The van der Waals surface area contributed by atoms with Gasteiger partial charge in [0, 0.05) is 19.6 Å². The molecule has 1 saturated heterocycles. The Bertz CT molecular complexity index is 221. The van der Waals surface area contributed by atoms with Gasteiger partial charge in [0.1, 0.15) is 6.04 Å². The van der Waals surface area contributed by atoms with Crippen molar-refractivity contribution in [2.45, 2.75) is 25.9 Å². The van der Waals surface area contributed by atoms with Crippen molar-refractivity contribution in [1.82, 2.24) is 9.96 Å². The molecule has 1 aliphatic rings. The van der Waals surface area contributed by atoms with Crippen LogP contribution in [-0.2, 0) is 14.4 Å². The van der Waals surface area contributed by atoms with E-state index in [1.165, 1.54) is 12.2 Å². The van der Waals surface area contributed by atoms with Crippen LogP contribution in [0.15, 0.2) is 0 Å². The van der Waals surface area contributed by atoms with E-state index in [9.17, 15) is 4.79 Å². The van der Waals surface area contributed by atoms with E-state index in [1.807, 2.05) is 0 Å². The number of likely N-dealkylation sites (N-methyl/N-ethyl adjacent to an activating group) is 1. The Hall–Kier alpha value is -0.650. The number of hydroxylamine groups is 2. The normalized spacial score (nSPS) is 23.1. The maximum atomic E-state index is 11.9. The van der Waals surface area contributed by atoms with Gasteiger partial charge in [0.2, 0.25) is 0 Å². The highest BCUT2D eigenvalue weighted by Gasteiger charge is 2.33. The van der Waals surface area contributed by atoms with E-state index < -0.39 is 0 Å². The van der Waals surface area contributed by atoms with Crippen molar-refractivity contribution < 1.29 is 14.4 Å². The molecule has 0 saturated carbocycles. The molecule has 5 nitrogen and oxygen atoms in total. The SMILES string of the molecule is CON(C)C(=O)[C@@H]1COCCN1C(C)C. The summed E-state index contributed by atoms with van der Waals surface area (Å²) < 4.78 is 5.33. The lowest BCUT2D eigenvalue weighted by molar-refractivity contribution is -0.180. The van der Waals surface area contributed by atoms with Crippen LogP contribution in [0.3, 0.4) is 0 Å². The number of morpholine rings is 1. The van der Waals surface area contributed by atoms with Gasteiger partial charge in [0.25, 0.3) is 5.91 Å². The van der Waals surface area contributed by atoms with Crippen LogP contribution in [0.5, 0.6) is 0 Å². The topological polar surface area (TPSA) is 42.0 Å². The summed E-state index contributed by atoms with van der Waals surface area (Å²) in [5.41, 5.74) is 0. The maximum Gasteiger partial charge on any atom is 0.265 e. The van der Waals surface area contributed by atoms with Crippen molar-refractivity contribution in [3.63, 3.8) is 0 Å². The molecule has 0 N–H and O–H groups in total. The van der Waals surface area contributed by atoms with Crippen molar-refractivity contribution in [3.05, 3.63) is 0 Å². The molecule has 0 aromatic heterocycles. The maximum absolute atomic E-state index is 11.9. The zero-order chi connectivity index (χ0) is 11.4. The monoisotopic (exact) mass is 216 g/mol. The molecule has 1 heterocycles. The zero-order valence-corrected chi connectivity index (χ0v) is 9.90. The Labute approximate surface area is 90.9 Å². The quantitative estimate of drug-likeness (QED) is 0.628. The van der Waals surface area contributed by atoms with Crippen LogP contribution in [-0.4, -0.2) is 61.9 Å². The number of carbonyl (C=O) groups is 1. The van der Waals surface area contributed by atoms with E-state index in [-0.39, 0.29) is 11.9 Å². The fraction of sp³-hybridized carbons (Fsp3) is 0.900. The van der Waals surface area contributed by atoms with Crippen molar-refractivity contribution >= 4 is 5.91 Å². The third kappa shape index (κ3) is 2.90. The van der Waals surface area contributed by atoms with Gasteiger partial charge < -0.3 is 4.74 Å². The molecule has 5 heteroatoms. The minimum absolute atomic E-state index is 0.0501. The molecule has 1 atom stereocenters. The molecule has 0 bridgehead atoms. The highest BCUT2D eigenvalue weighted by Crippen LogP contribution is 2.13. The third-order valence-electron chi connectivity index (χ3n) is 2.70. The molecular weight excluding hydrogens is 196 g/mol. The second kappa shape index (κ2) is 5.44. The van der Waals surface area contributed by atoms with Crippen molar-refractivity contribution in [1.29, 1.82) is 0 Å². The van der Waals surface area contributed by atoms with Gasteiger partial charge in [0.05, 0.1) is 20.3 Å². The van der Waals surface area contributed by atoms with Crippen LogP contribution in [0.2, 0.25) is 0 Å². The van der Waals surface area contributed by atoms with Gasteiger partial charge >= 0.3 is 0 Å². The summed E-state index contributed by atoms with van der Waals surface area (Å²) >= 11 is 0. The van der Waals surface area contributed by atoms with Crippen LogP contribution in [0.25, 0.3) is 0 Å². The number of hydrogen-bond donors (Lipinski definition) is 0. The number of amides is 1. The third-order valence-corrected chi connectivity index (χ3v) is 2.70. The van der Waals surface area contributed by atoms with E-state index in [0.717, 1.165) is 6.54 Å². The summed E-state index contributed by atoms with van der Waals surface area (Å²) in [6, 6.07) is 0.122. The lowest BCUT2D eigenvalue weighted by atomic mass is 10.1. The van der Waals surface area contributed by atoms with Crippen molar-refractivity contribution in [2.75, 3.05) is 33.9 Å². The summed E-state index contributed by atoms with van der Waals surface area (Å²) in [4.78, 5) is 19.0. The smallest absolute Gasteiger partial charge is 0.265 e. The van der Waals surface area contributed by atoms with Gasteiger partial charge in [-0.05, 0) is 13.8 Å². The lowest BCUT2D eigenvalue weighted by Crippen LogP contribution is -2.56. The Morgan fingerprint density at radius 2 is 2.27 bits per heavy atom. The second-order valence-corrected chi connectivity index (χ2v) is 3.94. The van der Waals surface area contributed by atoms with E-state index in [2.05, 4.69) is 18.7 Å². The van der Waals surface area contributed by atoms with E-state index in [4.69, 9.17) is 9.57 Å². The van der Waals surface area contributed by atoms with Crippen LogP contribution in [0.4, 0.5) is 0 Å². The first-order valence-electron chi connectivity index (χ1n) is 5.23. The minimum Gasteiger partial charge on any atom is -0.378 e. The summed E-state index contributed by atoms with van der Waals surface area (Å²) in [6.07, 6.45) is 0. The van der Waals surface area contributed by atoms with E-state index >= 15 is 0 Å². The molecule has 1 amide bonds. The number of rotatable bonds is 3. The molecule has 0 aromatic rings. The number of carbonyl (C=O) groups excluding carboxylic acids is 1. The Balaban J connectivity index is 2.67. The molecule has 0 unspecified atom stereocenters. The van der Waals surface area contributed by atoms with Gasteiger partial charge in [-0.1, -0.05) is 0 Å². The van der Waals surface area contributed by atoms with Gasteiger partial charge in [-0.15, -0.1) is 0 Å². The minimum atomic E-state index is -0.219. The van der Waals surface area contributed by atoms with Crippen LogP contribution in [0, 0.1) is 0 Å². The first-order chi connectivity index (χ1) is 7.07. The summed E-state index contributed by atoms with van der Waals surface area (Å²) in [6.45, 7) is 6.10. The predicted molar refractivity (Wildman–Crippen MR) is 56.2 cm³/mol. The standard InChI is InChI=1S/C10H20N2O3/c1-8(2)12-5-6-15-7-9(12)10(13)11(3)14-4/h8-9H,5-7H2,1-4H3/t9-/m0/s1. The van der Waals surface area contributed by atoms with Crippen molar-refractivity contribution in [3.8, 4) is 0 Å². The van der Waals surface area contributed by atoms with Crippen molar-refractivity contribution in [2.24, 2.45) is 0 Å². The zero-order valence-electron chi connectivity index (χ0n) is 9.90. The summed E-state index contributed by atoms with van der Waals surface area (Å²) in [5, 5.41) is 1.26. The fourth-order valence-electron chi connectivity index (χ4n) is 1.75. The summed E-state index contributed by atoms with van der Waals surface area (Å²) in [7, 11) is 3.11. The van der Waals surface area contributed by atoms with Gasteiger partial charge in [0.15, 0.2) is 0 Å². The average Bonchev–Trinajstić information content (AvgIpc) is 2.27. The average molecular weight is 216 g/mol. The molecule has 1 rings (SSSR count). The molecule has 1 fully saturated rings. The van der Waals surface area contributed by atoms with Crippen LogP contribution >= 0.6 is 0 Å². The highest BCUT2D eigenvalue weighted by molar-refractivity contribution is 5.81. The molecule has 0 aliphatic carbocycles. The second-order valence-electron chi connectivity index (χ2n) is 3.94. The van der Waals surface area contributed by atoms with E-state index in [0.29, 0.717) is 19.3 Å². The molecule has 0 radical (unpaired) electrons. The molecule has 0 spiro atoms. The van der Waals surface area contributed by atoms with Gasteiger partial charge in [-0.25, -0.2) is 5.06 Å². The van der Waals surface area contributed by atoms with Crippen LogP contribution < -0.4 is 0 Å². The largest absolute Gasteiger partial charge is 0.378 e. The molecular formula is C10H20N2O3. The first-order valence-corrected chi connectivity index (χ1v) is 5.23. The van der Waals surface area contributed by atoms with E-state index in [1.54, 1.807) is 7.05 Å². The molecule has 0 aromatic carbocycles. The fourth-order valence-corrected chi connectivity index (χ4v) is 1.75. The summed E-state index contributed by atoms with van der Waals surface area (Å²) in [5.74, 6) is -0.0501. The Morgan fingerprint density at radius 1 is 1.60 bits per heavy atom. The number of ether oxygens (including phenoxy) is 1. The molecule has 88 valence electrons. The van der Waals surface area contributed by atoms with Gasteiger partial charge in [-0.3, -0.25) is 14.5 Å². The molecule has 1 aliphatic heterocycles. The molecule has 15 heavy (non-hydrogen) atoms. The highest BCUT2D eigenvalue weighted by atomic mass is 16.7.